The molecule has 0 aliphatic heterocycles. The Kier molecular flexibility index (Phi) is 10.5. The molecule has 42 heavy (non-hydrogen) atoms. The van der Waals surface area contributed by atoms with Crippen molar-refractivity contribution in [1.29, 1.82) is 0 Å². The van der Waals surface area contributed by atoms with Crippen LogP contribution in [0.15, 0.2) is 83.8 Å². The Morgan fingerprint density at radius 1 is 0.976 bits per heavy atom. The number of methoxy groups -OCH3 is 1. The van der Waals surface area contributed by atoms with Crippen molar-refractivity contribution in [3.8, 4) is 11.5 Å². The van der Waals surface area contributed by atoms with Gasteiger partial charge in [-0.2, -0.15) is 0 Å². The van der Waals surface area contributed by atoms with Gasteiger partial charge in [0.05, 0.1) is 24.3 Å². The van der Waals surface area contributed by atoms with Crippen LogP contribution in [0, 0.1) is 0 Å². The molecule has 1 atom stereocenters. The van der Waals surface area contributed by atoms with Gasteiger partial charge in [0, 0.05) is 12.6 Å². The lowest BCUT2D eigenvalue weighted by molar-refractivity contribution is -0.139. The minimum Gasteiger partial charge on any atom is -0.497 e. The number of nitrogens with zero attached hydrogens (tertiary/aromatic N) is 2. The van der Waals surface area contributed by atoms with E-state index in [9.17, 15) is 18.0 Å². The Morgan fingerprint density at radius 2 is 1.67 bits per heavy atom. The quantitative estimate of drug-likeness (QED) is 0.306. The van der Waals surface area contributed by atoms with Crippen LogP contribution in [0.5, 0.6) is 11.5 Å². The number of anilines is 1. The third-order valence-electron chi connectivity index (χ3n) is 7.40. The van der Waals surface area contributed by atoms with E-state index >= 15 is 0 Å². The smallest absolute Gasteiger partial charge is 0.264 e. The summed E-state index contributed by atoms with van der Waals surface area (Å²) in [7, 11) is -2.63. The van der Waals surface area contributed by atoms with Gasteiger partial charge in [-0.25, -0.2) is 8.42 Å². The lowest BCUT2D eigenvalue weighted by atomic mass is 10.1. The molecule has 224 valence electrons. The van der Waals surface area contributed by atoms with Crippen LogP contribution in [0.3, 0.4) is 0 Å². The molecule has 4 rings (SSSR count). The number of rotatable bonds is 13. The summed E-state index contributed by atoms with van der Waals surface area (Å²) in [5, 5.41) is 3.08. The summed E-state index contributed by atoms with van der Waals surface area (Å²) < 4.78 is 40.2. The van der Waals surface area contributed by atoms with E-state index in [1.165, 1.54) is 17.0 Å². The Labute approximate surface area is 248 Å². The zero-order valence-corrected chi connectivity index (χ0v) is 25.2. The van der Waals surface area contributed by atoms with Gasteiger partial charge in [0.1, 0.15) is 24.1 Å². The first-order chi connectivity index (χ1) is 20.2. The lowest BCUT2D eigenvalue weighted by Gasteiger charge is -2.33. The van der Waals surface area contributed by atoms with Crippen molar-refractivity contribution < 1.29 is 27.5 Å². The minimum absolute atomic E-state index is 0.0375. The van der Waals surface area contributed by atoms with Gasteiger partial charge < -0.3 is 19.7 Å². The van der Waals surface area contributed by atoms with Crippen LogP contribution in [-0.4, -0.2) is 57.5 Å². The predicted octanol–water partition coefficient (Wildman–Crippen LogP) is 4.77. The van der Waals surface area contributed by atoms with E-state index in [0.717, 1.165) is 35.6 Å². The van der Waals surface area contributed by atoms with E-state index < -0.39 is 28.5 Å². The Hall–Kier alpha value is -4.05. The van der Waals surface area contributed by atoms with Gasteiger partial charge >= 0.3 is 0 Å². The van der Waals surface area contributed by atoms with Crippen LogP contribution in [0.4, 0.5) is 5.69 Å². The topological polar surface area (TPSA) is 105 Å². The summed E-state index contributed by atoms with van der Waals surface area (Å²) in [6.07, 6.45) is 3.91. The third-order valence-corrected chi connectivity index (χ3v) is 9.17. The zero-order chi connectivity index (χ0) is 30.1. The van der Waals surface area contributed by atoms with Crippen LogP contribution in [-0.2, 0) is 26.2 Å². The number of carbonyl (C=O) groups is 2. The van der Waals surface area contributed by atoms with Gasteiger partial charge in [0.25, 0.3) is 10.0 Å². The molecular formula is C32H39N3O6S. The van der Waals surface area contributed by atoms with Crippen molar-refractivity contribution in [3.05, 3.63) is 84.4 Å². The summed E-state index contributed by atoms with van der Waals surface area (Å²) in [5.74, 6) is 0.142. The second-order valence-corrected chi connectivity index (χ2v) is 12.1. The molecule has 1 N–H and O–H groups in total. The Morgan fingerprint density at radius 3 is 2.36 bits per heavy atom. The number of benzene rings is 3. The first kappa shape index (κ1) is 30.9. The molecule has 0 aromatic heterocycles. The highest BCUT2D eigenvalue weighted by Crippen LogP contribution is 2.33. The van der Waals surface area contributed by atoms with Crippen molar-refractivity contribution in [1.82, 2.24) is 10.2 Å². The highest BCUT2D eigenvalue weighted by molar-refractivity contribution is 7.92. The molecule has 0 saturated heterocycles. The molecule has 0 radical (unpaired) electrons. The van der Waals surface area contributed by atoms with Crippen LogP contribution in [0.1, 0.15) is 45.1 Å². The first-order valence-corrected chi connectivity index (χ1v) is 15.7. The van der Waals surface area contributed by atoms with Gasteiger partial charge in [-0.15, -0.1) is 0 Å². The number of carbonyl (C=O) groups excluding carboxylic acids is 2. The summed E-state index contributed by atoms with van der Waals surface area (Å²) in [4.78, 5) is 29.0. The van der Waals surface area contributed by atoms with Crippen molar-refractivity contribution in [2.75, 3.05) is 24.6 Å². The molecule has 9 nitrogen and oxygen atoms in total. The normalized spacial score (nSPS) is 14.2. The molecule has 1 aliphatic rings. The molecule has 3 aromatic carbocycles. The van der Waals surface area contributed by atoms with Crippen LogP contribution < -0.4 is 19.1 Å². The number of sulfonamides is 1. The van der Waals surface area contributed by atoms with Crippen molar-refractivity contribution in [3.63, 3.8) is 0 Å². The van der Waals surface area contributed by atoms with Gasteiger partial charge in [-0.3, -0.25) is 13.9 Å². The van der Waals surface area contributed by atoms with E-state index in [2.05, 4.69) is 5.32 Å². The second kappa shape index (κ2) is 14.2. The average Bonchev–Trinajstić information content (AvgIpc) is 3.52. The van der Waals surface area contributed by atoms with Crippen LogP contribution in [0.25, 0.3) is 0 Å². The Balaban J connectivity index is 1.72. The molecule has 0 spiro atoms. The van der Waals surface area contributed by atoms with Gasteiger partial charge in [0.2, 0.25) is 11.8 Å². The standard InChI is InChI=1S/C32H39N3O6S/c1-4-41-30-20-11-10-19-29(30)35(42(38,39)28-17-6-5-7-18-28)23-31(36)34(22-25-13-12-16-27(21-25)40-3)24(2)32(37)33-26-14-8-9-15-26/h5-7,10-13,16-21,24,26H,4,8-9,14-15,22-23H2,1-3H3,(H,33,37)/t24-/m0/s1. The fourth-order valence-electron chi connectivity index (χ4n) is 5.12. The molecule has 1 aliphatic carbocycles. The monoisotopic (exact) mass is 593 g/mol. The van der Waals surface area contributed by atoms with E-state index in [-0.39, 0.29) is 29.1 Å². The summed E-state index contributed by atoms with van der Waals surface area (Å²) in [6.45, 7) is 3.34. The van der Waals surface area contributed by atoms with Crippen molar-refractivity contribution >= 4 is 27.5 Å². The lowest BCUT2D eigenvalue weighted by Crippen LogP contribution is -2.52. The molecule has 0 heterocycles. The molecular weight excluding hydrogens is 554 g/mol. The number of hydrogen-bond acceptors (Lipinski definition) is 6. The van der Waals surface area contributed by atoms with E-state index in [1.54, 1.807) is 75.6 Å². The van der Waals surface area contributed by atoms with E-state index in [0.29, 0.717) is 18.1 Å². The van der Waals surface area contributed by atoms with E-state index in [4.69, 9.17) is 9.47 Å². The van der Waals surface area contributed by atoms with Gasteiger partial charge in [-0.1, -0.05) is 55.3 Å². The maximum Gasteiger partial charge on any atom is 0.264 e. The fraction of sp³-hybridized carbons (Fsp3) is 0.375. The number of nitrogens with one attached hydrogen (secondary N) is 1. The summed E-state index contributed by atoms with van der Waals surface area (Å²) >= 11 is 0. The summed E-state index contributed by atoms with van der Waals surface area (Å²) in [6, 6.07) is 21.1. The largest absolute Gasteiger partial charge is 0.497 e. The summed E-state index contributed by atoms with van der Waals surface area (Å²) in [5.41, 5.74) is 0.983. The number of amides is 2. The number of hydrogen-bond donors (Lipinski definition) is 1. The maximum atomic E-state index is 14.2. The molecule has 2 amide bonds. The first-order valence-electron chi connectivity index (χ1n) is 14.3. The average molecular weight is 594 g/mol. The molecule has 0 bridgehead atoms. The Bertz CT molecular complexity index is 1460. The molecule has 1 saturated carbocycles. The van der Waals surface area contributed by atoms with Crippen LogP contribution in [0.2, 0.25) is 0 Å². The van der Waals surface area contributed by atoms with Gasteiger partial charge in [0.15, 0.2) is 0 Å². The SMILES string of the molecule is CCOc1ccccc1N(CC(=O)N(Cc1cccc(OC)c1)[C@@H](C)C(=O)NC1CCCC1)S(=O)(=O)c1ccccc1. The van der Waals surface area contributed by atoms with E-state index in [1.807, 2.05) is 12.1 Å². The second-order valence-electron chi connectivity index (χ2n) is 10.3. The molecule has 10 heteroatoms. The van der Waals surface area contributed by atoms with Gasteiger partial charge in [-0.05, 0) is 68.7 Å². The van der Waals surface area contributed by atoms with Crippen molar-refractivity contribution in [2.45, 2.75) is 63.1 Å². The molecule has 3 aromatic rings. The number of ether oxygens (including phenoxy) is 2. The third kappa shape index (κ3) is 7.42. The minimum atomic E-state index is -4.19. The maximum absolute atomic E-state index is 14.2. The molecule has 1 fully saturated rings. The zero-order valence-electron chi connectivity index (χ0n) is 24.4. The van der Waals surface area contributed by atoms with Crippen molar-refractivity contribution in [2.24, 2.45) is 0 Å². The fourth-order valence-corrected chi connectivity index (χ4v) is 6.56. The van der Waals surface area contributed by atoms with Crippen LogP contribution >= 0.6 is 0 Å². The highest BCUT2D eigenvalue weighted by atomic mass is 32.2. The highest BCUT2D eigenvalue weighted by Gasteiger charge is 2.34. The predicted molar refractivity (Wildman–Crippen MR) is 162 cm³/mol. The number of para-hydroxylation sites is 2. The molecule has 0 unspecified atom stereocenters.